The summed E-state index contributed by atoms with van der Waals surface area (Å²) in [5, 5.41) is 9.17. The smallest absolute Gasteiger partial charge is 0.266 e. The van der Waals surface area contributed by atoms with Crippen molar-refractivity contribution < 1.29 is 19.0 Å². The van der Waals surface area contributed by atoms with E-state index in [9.17, 15) is 4.79 Å². The number of rotatable bonds is 7. The molecule has 0 N–H and O–H groups in total. The highest BCUT2D eigenvalue weighted by molar-refractivity contribution is 9.10. The van der Waals surface area contributed by atoms with Gasteiger partial charge in [0, 0.05) is 23.7 Å². The Bertz CT molecular complexity index is 968. The molecule has 0 saturated carbocycles. The highest BCUT2D eigenvalue weighted by Gasteiger charge is 2.51. The van der Waals surface area contributed by atoms with Crippen LogP contribution in [-0.4, -0.2) is 42.8 Å². The summed E-state index contributed by atoms with van der Waals surface area (Å²) in [5.41, 5.74) is 1.48. The Balaban J connectivity index is 1.61. The zero-order chi connectivity index (χ0) is 21.1. The van der Waals surface area contributed by atoms with Crippen molar-refractivity contribution in [1.29, 1.82) is 5.26 Å². The van der Waals surface area contributed by atoms with Crippen LogP contribution in [0.4, 0.5) is 0 Å². The lowest BCUT2D eigenvalue weighted by Crippen LogP contribution is -2.62. The van der Waals surface area contributed by atoms with Crippen molar-refractivity contribution in [2.75, 3.05) is 19.8 Å². The van der Waals surface area contributed by atoms with E-state index >= 15 is 0 Å². The fourth-order valence-corrected chi connectivity index (χ4v) is 4.39. The average Bonchev–Trinajstić information content (AvgIpc) is 3.27. The average molecular weight is 471 g/mol. The maximum absolute atomic E-state index is 13.1. The molecule has 0 aliphatic carbocycles. The number of amides is 1. The number of β-lactam (4-membered cyclic amide) rings is 1. The van der Waals surface area contributed by atoms with Crippen molar-refractivity contribution in [2.45, 2.75) is 38.0 Å². The number of carbonyl (C=O) groups is 1. The van der Waals surface area contributed by atoms with Crippen LogP contribution in [0, 0.1) is 11.3 Å². The monoisotopic (exact) mass is 470 g/mol. The first kappa shape index (κ1) is 20.7. The van der Waals surface area contributed by atoms with E-state index in [-0.39, 0.29) is 18.1 Å². The number of benzene rings is 2. The van der Waals surface area contributed by atoms with E-state index in [4.69, 9.17) is 19.5 Å². The van der Waals surface area contributed by atoms with E-state index < -0.39 is 6.10 Å². The van der Waals surface area contributed by atoms with Gasteiger partial charge in [0.15, 0.2) is 11.5 Å². The molecule has 4 rings (SSSR count). The molecule has 2 aromatic carbocycles. The Labute approximate surface area is 184 Å². The van der Waals surface area contributed by atoms with Gasteiger partial charge in [-0.25, -0.2) is 0 Å². The fraction of sp³-hybridized carbons (Fsp3) is 0.391. The van der Waals surface area contributed by atoms with Gasteiger partial charge in [0.1, 0.15) is 6.04 Å². The maximum atomic E-state index is 13.1. The standard InChI is InChI=1S/C23H23BrN2O4/c1-2-28-20-11-15(13-25)8-9-19(20)30-22-21(16-5-3-6-17(24)12-16)26(23(22)27)14-18-7-4-10-29-18/h3,5-6,8-9,11-12,18,21-22H,2,4,7,10,14H2,1H3/t18-,21-,22+/m1/s1. The second-order valence-electron chi connectivity index (χ2n) is 7.37. The Morgan fingerprint density at radius 3 is 2.83 bits per heavy atom. The van der Waals surface area contributed by atoms with Crippen molar-refractivity contribution in [3.8, 4) is 17.6 Å². The van der Waals surface area contributed by atoms with Gasteiger partial charge in [-0.05, 0) is 49.6 Å². The van der Waals surface area contributed by atoms with Crippen LogP contribution in [0.2, 0.25) is 0 Å². The molecule has 2 heterocycles. The van der Waals surface area contributed by atoms with Crippen molar-refractivity contribution in [1.82, 2.24) is 4.90 Å². The van der Waals surface area contributed by atoms with Crippen LogP contribution < -0.4 is 9.47 Å². The molecular formula is C23H23BrN2O4. The third kappa shape index (κ3) is 4.16. The Morgan fingerprint density at radius 2 is 2.13 bits per heavy atom. The minimum atomic E-state index is -0.659. The molecule has 30 heavy (non-hydrogen) atoms. The van der Waals surface area contributed by atoms with E-state index in [1.54, 1.807) is 18.2 Å². The van der Waals surface area contributed by atoms with Crippen LogP contribution in [0.1, 0.15) is 36.9 Å². The molecule has 1 amide bonds. The van der Waals surface area contributed by atoms with E-state index in [1.807, 2.05) is 36.1 Å². The van der Waals surface area contributed by atoms with Gasteiger partial charge in [-0.1, -0.05) is 28.1 Å². The Kier molecular flexibility index (Phi) is 6.26. The molecule has 7 heteroatoms. The zero-order valence-corrected chi connectivity index (χ0v) is 18.3. The van der Waals surface area contributed by atoms with Crippen LogP contribution >= 0.6 is 15.9 Å². The third-order valence-electron chi connectivity index (χ3n) is 5.39. The maximum Gasteiger partial charge on any atom is 0.266 e. The SMILES string of the molecule is CCOc1cc(C#N)ccc1O[C@@H]1C(=O)N(C[C@H]2CCCO2)[C@@H]1c1cccc(Br)c1. The van der Waals surface area contributed by atoms with Crippen molar-refractivity contribution in [2.24, 2.45) is 0 Å². The Hall–Kier alpha value is -2.56. The van der Waals surface area contributed by atoms with Gasteiger partial charge in [0.05, 0.1) is 24.3 Å². The zero-order valence-electron chi connectivity index (χ0n) is 16.7. The van der Waals surface area contributed by atoms with Crippen LogP contribution in [0.3, 0.4) is 0 Å². The number of nitrogens with zero attached hydrogens (tertiary/aromatic N) is 2. The van der Waals surface area contributed by atoms with Crippen LogP contribution in [0.25, 0.3) is 0 Å². The van der Waals surface area contributed by atoms with Gasteiger partial charge >= 0.3 is 0 Å². The van der Waals surface area contributed by atoms with Gasteiger partial charge in [-0.3, -0.25) is 4.79 Å². The number of hydrogen-bond donors (Lipinski definition) is 0. The van der Waals surface area contributed by atoms with Gasteiger partial charge in [0.2, 0.25) is 6.10 Å². The van der Waals surface area contributed by atoms with Gasteiger partial charge < -0.3 is 19.1 Å². The molecule has 0 radical (unpaired) electrons. The van der Waals surface area contributed by atoms with Crippen LogP contribution in [-0.2, 0) is 9.53 Å². The van der Waals surface area contributed by atoms with E-state index in [0.29, 0.717) is 30.2 Å². The number of halogens is 1. The summed E-state index contributed by atoms with van der Waals surface area (Å²) in [7, 11) is 0. The van der Waals surface area contributed by atoms with Crippen molar-refractivity contribution in [3.63, 3.8) is 0 Å². The first-order valence-corrected chi connectivity index (χ1v) is 10.9. The van der Waals surface area contributed by atoms with Crippen LogP contribution in [0.15, 0.2) is 46.9 Å². The summed E-state index contributed by atoms with van der Waals surface area (Å²) in [4.78, 5) is 14.9. The molecule has 6 nitrogen and oxygen atoms in total. The normalized spacial score (nSPS) is 23.0. The highest BCUT2D eigenvalue weighted by atomic mass is 79.9. The van der Waals surface area contributed by atoms with Crippen molar-refractivity contribution >= 4 is 21.8 Å². The Morgan fingerprint density at radius 1 is 1.27 bits per heavy atom. The summed E-state index contributed by atoms with van der Waals surface area (Å²) in [6.45, 7) is 3.60. The minimum Gasteiger partial charge on any atom is -0.490 e. The number of ether oxygens (including phenoxy) is 3. The number of nitriles is 1. The molecule has 2 aromatic rings. The lowest BCUT2D eigenvalue weighted by Gasteiger charge is -2.47. The topological polar surface area (TPSA) is 71.8 Å². The first-order valence-electron chi connectivity index (χ1n) is 10.1. The highest BCUT2D eigenvalue weighted by Crippen LogP contribution is 2.41. The molecule has 3 atom stereocenters. The van der Waals surface area contributed by atoms with E-state index in [0.717, 1.165) is 29.5 Å². The largest absolute Gasteiger partial charge is 0.490 e. The van der Waals surface area contributed by atoms with E-state index in [1.165, 1.54) is 0 Å². The first-order chi connectivity index (χ1) is 14.6. The summed E-state index contributed by atoms with van der Waals surface area (Å²) in [5.74, 6) is 0.864. The summed E-state index contributed by atoms with van der Waals surface area (Å²) >= 11 is 3.52. The summed E-state index contributed by atoms with van der Waals surface area (Å²) < 4.78 is 18.5. The molecule has 0 spiro atoms. The number of hydrogen-bond acceptors (Lipinski definition) is 5. The van der Waals surface area contributed by atoms with Gasteiger partial charge in [-0.15, -0.1) is 0 Å². The molecule has 0 aromatic heterocycles. The number of carbonyl (C=O) groups excluding carboxylic acids is 1. The van der Waals surface area contributed by atoms with Gasteiger partial charge in [-0.2, -0.15) is 5.26 Å². The summed E-state index contributed by atoms with van der Waals surface area (Å²) in [6.07, 6.45) is 1.40. The van der Waals surface area contributed by atoms with Crippen molar-refractivity contribution in [3.05, 3.63) is 58.1 Å². The molecule has 2 aliphatic heterocycles. The minimum absolute atomic E-state index is 0.0673. The van der Waals surface area contributed by atoms with Gasteiger partial charge in [0.25, 0.3) is 5.91 Å². The molecule has 156 valence electrons. The quantitative estimate of drug-likeness (QED) is 0.566. The molecule has 2 fully saturated rings. The lowest BCUT2D eigenvalue weighted by molar-refractivity contribution is -0.167. The molecule has 2 saturated heterocycles. The molecular weight excluding hydrogens is 448 g/mol. The van der Waals surface area contributed by atoms with E-state index in [2.05, 4.69) is 22.0 Å². The molecule has 0 bridgehead atoms. The predicted molar refractivity (Wildman–Crippen MR) is 114 cm³/mol. The number of likely N-dealkylation sites (tertiary alicyclic amines) is 1. The third-order valence-corrected chi connectivity index (χ3v) is 5.88. The fourth-order valence-electron chi connectivity index (χ4n) is 3.97. The predicted octanol–water partition coefficient (Wildman–Crippen LogP) is 4.23. The second-order valence-corrected chi connectivity index (χ2v) is 8.29. The summed E-state index contributed by atoms with van der Waals surface area (Å²) in [6, 6.07) is 14.8. The second kappa shape index (κ2) is 9.07. The molecule has 0 unspecified atom stereocenters. The molecule has 2 aliphatic rings. The van der Waals surface area contributed by atoms with Crippen LogP contribution in [0.5, 0.6) is 11.5 Å². The lowest BCUT2D eigenvalue weighted by atomic mass is 9.90.